The van der Waals surface area contributed by atoms with Gasteiger partial charge in [0.1, 0.15) is 0 Å². The van der Waals surface area contributed by atoms with Crippen molar-refractivity contribution in [2.45, 2.75) is 17.3 Å². The Labute approximate surface area is 112 Å². The Morgan fingerprint density at radius 3 is 2.11 bits per heavy atom. The van der Waals surface area contributed by atoms with Crippen LogP contribution in [-0.4, -0.2) is 8.42 Å². The average molecular weight is 277 g/mol. The van der Waals surface area contributed by atoms with E-state index < -0.39 is 9.84 Å². The zero-order chi connectivity index (χ0) is 13.7. The quantitative estimate of drug-likeness (QED) is 0.849. The summed E-state index contributed by atoms with van der Waals surface area (Å²) in [5, 5.41) is 0. The molecule has 0 aliphatic heterocycles. The van der Waals surface area contributed by atoms with Gasteiger partial charge >= 0.3 is 0 Å². The van der Waals surface area contributed by atoms with Crippen molar-refractivity contribution in [3.8, 4) is 0 Å². The second-order valence-electron chi connectivity index (χ2n) is 4.15. The molecule has 0 bridgehead atoms. The van der Waals surface area contributed by atoms with Crippen LogP contribution in [0.1, 0.15) is 11.1 Å². The minimum Gasteiger partial charge on any atom is -0.300 e. The van der Waals surface area contributed by atoms with Crippen LogP contribution in [0.2, 0.25) is 0 Å². The number of nitrogens with two attached hydrogens (primary N) is 1. The first-order chi connectivity index (χ1) is 9.13. The molecular weight excluding hydrogens is 262 g/mol. The van der Waals surface area contributed by atoms with Gasteiger partial charge in [0.2, 0.25) is 0 Å². The summed E-state index contributed by atoms with van der Waals surface area (Å²) in [4.78, 5) is 4.91. The number of hydrogen-bond acceptors (Lipinski definition) is 4. The topological polar surface area (TPSA) is 69.4 Å². The van der Waals surface area contributed by atoms with Crippen LogP contribution in [0, 0.1) is 0 Å². The molecular formula is C14H15NO3S. The third kappa shape index (κ3) is 3.41. The Kier molecular flexibility index (Phi) is 4.31. The van der Waals surface area contributed by atoms with Crippen LogP contribution in [0.5, 0.6) is 0 Å². The van der Waals surface area contributed by atoms with E-state index in [1.807, 2.05) is 12.1 Å². The lowest BCUT2D eigenvalue weighted by atomic mass is 10.1. The van der Waals surface area contributed by atoms with E-state index in [0.717, 1.165) is 5.56 Å². The first-order valence-electron chi connectivity index (χ1n) is 5.80. The van der Waals surface area contributed by atoms with Gasteiger partial charge in [-0.1, -0.05) is 42.5 Å². The molecule has 2 aromatic rings. The van der Waals surface area contributed by atoms with Crippen LogP contribution < -0.4 is 5.90 Å². The summed E-state index contributed by atoms with van der Waals surface area (Å²) < 4.78 is 24.6. The fourth-order valence-corrected chi connectivity index (χ4v) is 3.27. The summed E-state index contributed by atoms with van der Waals surface area (Å²) in [5.74, 6) is 5.00. The lowest BCUT2D eigenvalue weighted by molar-refractivity contribution is 0.123. The smallest absolute Gasteiger partial charge is 0.182 e. The molecule has 5 heteroatoms. The minimum atomic E-state index is -3.35. The van der Waals surface area contributed by atoms with Gasteiger partial charge in [0.05, 0.1) is 17.3 Å². The van der Waals surface area contributed by atoms with E-state index in [0.29, 0.717) is 10.5 Å². The minimum absolute atomic E-state index is 0.0590. The van der Waals surface area contributed by atoms with Gasteiger partial charge in [-0.25, -0.2) is 14.3 Å². The van der Waals surface area contributed by atoms with Gasteiger partial charge in [0, 0.05) is 0 Å². The summed E-state index contributed by atoms with van der Waals surface area (Å²) >= 11 is 0. The molecule has 2 rings (SSSR count). The van der Waals surface area contributed by atoms with Crippen molar-refractivity contribution >= 4 is 9.84 Å². The van der Waals surface area contributed by atoms with Gasteiger partial charge < -0.3 is 0 Å². The maximum atomic E-state index is 12.3. The second kappa shape index (κ2) is 5.97. The van der Waals surface area contributed by atoms with E-state index >= 15 is 0 Å². The van der Waals surface area contributed by atoms with Crippen LogP contribution in [-0.2, 0) is 27.0 Å². The highest BCUT2D eigenvalue weighted by molar-refractivity contribution is 7.90. The Morgan fingerprint density at radius 1 is 0.895 bits per heavy atom. The van der Waals surface area contributed by atoms with Gasteiger partial charge in [-0.2, -0.15) is 0 Å². The molecule has 0 saturated carbocycles. The van der Waals surface area contributed by atoms with Gasteiger partial charge in [-0.05, 0) is 23.3 Å². The molecule has 0 atom stereocenters. The van der Waals surface area contributed by atoms with Gasteiger partial charge in [-0.15, -0.1) is 0 Å². The van der Waals surface area contributed by atoms with Crippen LogP contribution in [0.4, 0.5) is 0 Å². The van der Waals surface area contributed by atoms with Gasteiger partial charge in [-0.3, -0.25) is 4.84 Å². The average Bonchev–Trinajstić information content (AvgIpc) is 2.42. The summed E-state index contributed by atoms with van der Waals surface area (Å²) in [7, 11) is -3.35. The molecule has 0 aliphatic rings. The Bertz CT molecular complexity index is 639. The van der Waals surface area contributed by atoms with Crippen molar-refractivity contribution in [2.75, 3.05) is 0 Å². The largest absolute Gasteiger partial charge is 0.300 e. The summed E-state index contributed by atoms with van der Waals surface area (Å²) in [5.41, 5.74) is 1.49. The molecule has 0 spiro atoms. The predicted molar refractivity (Wildman–Crippen MR) is 72.8 cm³/mol. The number of rotatable bonds is 5. The zero-order valence-electron chi connectivity index (χ0n) is 10.3. The molecule has 2 N–H and O–H groups in total. The number of sulfone groups is 1. The van der Waals surface area contributed by atoms with E-state index in [1.165, 1.54) is 0 Å². The molecule has 0 radical (unpaired) electrons. The van der Waals surface area contributed by atoms with E-state index in [2.05, 4.69) is 4.84 Å². The maximum absolute atomic E-state index is 12.3. The highest BCUT2D eigenvalue weighted by atomic mass is 32.2. The third-order valence-corrected chi connectivity index (χ3v) is 4.49. The SMILES string of the molecule is NOCc1ccccc1CS(=O)(=O)c1ccccc1. The normalized spacial score (nSPS) is 11.4. The fraction of sp³-hybridized carbons (Fsp3) is 0.143. The van der Waals surface area contributed by atoms with Crippen molar-refractivity contribution in [3.05, 3.63) is 65.7 Å². The Hall–Kier alpha value is -1.69. The lowest BCUT2D eigenvalue weighted by Gasteiger charge is -2.09. The molecule has 0 aliphatic carbocycles. The summed E-state index contributed by atoms with van der Waals surface area (Å²) in [6.45, 7) is 0.195. The molecule has 19 heavy (non-hydrogen) atoms. The van der Waals surface area contributed by atoms with E-state index in [1.54, 1.807) is 42.5 Å². The maximum Gasteiger partial charge on any atom is 0.182 e. The standard InChI is InChI=1S/C14H15NO3S/c15-18-10-12-6-4-5-7-13(12)11-19(16,17)14-8-2-1-3-9-14/h1-9H,10-11,15H2. The number of hydrogen-bond donors (Lipinski definition) is 1. The molecule has 0 saturated heterocycles. The third-order valence-electron chi connectivity index (χ3n) is 2.81. The lowest BCUT2D eigenvalue weighted by Crippen LogP contribution is -2.08. The first-order valence-corrected chi connectivity index (χ1v) is 7.45. The predicted octanol–water partition coefficient (Wildman–Crippen LogP) is 2.05. The fourth-order valence-electron chi connectivity index (χ4n) is 1.84. The molecule has 2 aromatic carbocycles. The zero-order valence-corrected chi connectivity index (χ0v) is 11.1. The molecule has 4 nitrogen and oxygen atoms in total. The van der Waals surface area contributed by atoms with Crippen LogP contribution in [0.25, 0.3) is 0 Å². The van der Waals surface area contributed by atoms with Crippen molar-refractivity contribution in [3.63, 3.8) is 0 Å². The van der Waals surface area contributed by atoms with E-state index in [9.17, 15) is 8.42 Å². The van der Waals surface area contributed by atoms with Gasteiger partial charge in [0.15, 0.2) is 9.84 Å². The monoisotopic (exact) mass is 277 g/mol. The van der Waals surface area contributed by atoms with Gasteiger partial charge in [0.25, 0.3) is 0 Å². The van der Waals surface area contributed by atoms with Crippen LogP contribution >= 0.6 is 0 Å². The van der Waals surface area contributed by atoms with Crippen molar-refractivity contribution in [2.24, 2.45) is 5.90 Å². The molecule has 0 unspecified atom stereocenters. The van der Waals surface area contributed by atoms with Crippen molar-refractivity contribution < 1.29 is 13.3 Å². The highest BCUT2D eigenvalue weighted by Crippen LogP contribution is 2.19. The molecule has 0 fully saturated rings. The first kappa shape index (κ1) is 13.7. The van der Waals surface area contributed by atoms with Crippen LogP contribution in [0.3, 0.4) is 0 Å². The second-order valence-corrected chi connectivity index (χ2v) is 6.14. The molecule has 0 heterocycles. The van der Waals surface area contributed by atoms with Crippen molar-refractivity contribution in [1.29, 1.82) is 0 Å². The van der Waals surface area contributed by atoms with E-state index in [4.69, 9.17) is 5.90 Å². The Balaban J connectivity index is 2.31. The van der Waals surface area contributed by atoms with Crippen LogP contribution in [0.15, 0.2) is 59.5 Å². The molecule has 100 valence electrons. The summed E-state index contributed by atoms with van der Waals surface area (Å²) in [6, 6.07) is 15.6. The Morgan fingerprint density at radius 2 is 1.47 bits per heavy atom. The van der Waals surface area contributed by atoms with E-state index in [-0.39, 0.29) is 12.4 Å². The highest BCUT2D eigenvalue weighted by Gasteiger charge is 2.16. The molecule has 0 amide bonds. The summed E-state index contributed by atoms with van der Waals surface area (Å²) in [6.07, 6.45) is 0. The number of benzene rings is 2. The van der Waals surface area contributed by atoms with Crippen molar-refractivity contribution in [1.82, 2.24) is 0 Å². The molecule has 0 aromatic heterocycles.